The second kappa shape index (κ2) is 40.8. The van der Waals surface area contributed by atoms with E-state index in [4.69, 9.17) is 42.6 Å². The quantitative estimate of drug-likeness (QED) is 0.0365. The SMILES string of the molecule is C.C=CC[C@@H]1/C=C(\C)C[C@H](C)C[C@H](OC)C2OC(O)(C(=O)C(=O)N3CCCCC3C(=O)O[C@H](/C(C)=C/C3CC[C@@H](O)C(OC)C3)[C@H](C)[C@@H](O)CC1=O)C(C)CC2OC.COc1cc(C(=O)C(=O)N2CCCCC2C(=O)OC(CCCc2ccccc2)CCCc2cccnc2)cc(OC)c1OC. The highest BCUT2D eigenvalue weighted by molar-refractivity contribution is 6.43. The predicted molar refractivity (Wildman–Crippen MR) is 386 cm³/mol. The predicted octanol–water partition coefficient (Wildman–Crippen LogP) is 10.9. The van der Waals surface area contributed by atoms with E-state index in [-0.39, 0.29) is 80.1 Å². The van der Waals surface area contributed by atoms with Gasteiger partial charge in [-0.3, -0.25) is 29.0 Å². The molecule has 22 nitrogen and oxygen atoms in total. The lowest BCUT2D eigenvalue weighted by Gasteiger charge is -2.47. The Morgan fingerprint density at radius 1 is 0.765 bits per heavy atom. The maximum Gasteiger partial charge on any atom is 0.329 e. The van der Waals surface area contributed by atoms with Crippen LogP contribution in [-0.4, -0.2) is 194 Å². The lowest BCUT2D eigenvalue weighted by molar-refractivity contribution is -0.302. The van der Waals surface area contributed by atoms with Crippen molar-refractivity contribution in [3.8, 4) is 17.2 Å². The van der Waals surface area contributed by atoms with Gasteiger partial charge in [0.1, 0.15) is 36.2 Å². The molecule has 9 unspecified atom stereocenters. The maximum absolute atomic E-state index is 14.3. The van der Waals surface area contributed by atoms with Gasteiger partial charge in [-0.15, -0.1) is 6.58 Å². The number of rotatable bonds is 22. The zero-order valence-corrected chi connectivity index (χ0v) is 61.2. The summed E-state index contributed by atoms with van der Waals surface area (Å²) in [4.78, 5) is 104. The fraction of sp³-hybridized carbons (Fsp3) is 0.625. The van der Waals surface area contributed by atoms with Crippen LogP contribution in [0.15, 0.2) is 103 Å². The van der Waals surface area contributed by atoms with E-state index < -0.39 is 108 Å². The molecule has 5 aliphatic rings. The van der Waals surface area contributed by atoms with Crippen LogP contribution in [0.25, 0.3) is 0 Å². The number of carbonyl (C=O) groups is 7. The number of allylic oxidation sites excluding steroid dienone is 4. The van der Waals surface area contributed by atoms with Crippen molar-refractivity contribution >= 4 is 41.1 Å². The van der Waals surface area contributed by atoms with Gasteiger partial charge in [0.05, 0.1) is 51.8 Å². The molecule has 564 valence electrons. The van der Waals surface area contributed by atoms with Crippen LogP contribution in [0.2, 0.25) is 0 Å². The number of aromatic nitrogens is 1. The number of aliphatic hydroxyl groups excluding tert-OH is 2. The van der Waals surface area contributed by atoms with E-state index in [9.17, 15) is 48.9 Å². The van der Waals surface area contributed by atoms with E-state index in [1.807, 2.05) is 69.5 Å². The molecule has 1 aromatic heterocycles. The number of pyridine rings is 1. The number of benzene rings is 2. The van der Waals surface area contributed by atoms with Crippen molar-refractivity contribution in [3.05, 3.63) is 120 Å². The second-order valence-corrected chi connectivity index (χ2v) is 28.2. The monoisotopic (exact) mass is 1420 g/mol. The van der Waals surface area contributed by atoms with Crippen LogP contribution < -0.4 is 14.2 Å². The summed E-state index contributed by atoms with van der Waals surface area (Å²) >= 11 is 0. The van der Waals surface area contributed by atoms with E-state index in [2.05, 4.69) is 23.7 Å². The number of ketones is 3. The molecule has 5 heterocycles. The number of carbonyl (C=O) groups excluding carboxylic acids is 7. The average molecular weight is 1420 g/mol. The summed E-state index contributed by atoms with van der Waals surface area (Å²) in [5, 5.41) is 34.1. The summed E-state index contributed by atoms with van der Waals surface area (Å²) in [6.07, 6.45) is 15.0. The fourth-order valence-corrected chi connectivity index (χ4v) is 15.1. The van der Waals surface area contributed by atoms with E-state index in [0.29, 0.717) is 94.9 Å². The third kappa shape index (κ3) is 22.2. The van der Waals surface area contributed by atoms with E-state index in [0.717, 1.165) is 43.2 Å². The van der Waals surface area contributed by atoms with Gasteiger partial charge < -0.3 is 67.8 Å². The Kier molecular flexibility index (Phi) is 33.5. The summed E-state index contributed by atoms with van der Waals surface area (Å²) in [5.74, 6) is -8.87. The van der Waals surface area contributed by atoms with Gasteiger partial charge in [-0.25, -0.2) is 9.59 Å². The molecule has 4 aliphatic heterocycles. The number of hydrogen-bond donors (Lipinski definition) is 3. The first kappa shape index (κ1) is 83.8. The molecule has 16 atom stereocenters. The molecule has 3 saturated heterocycles. The Morgan fingerprint density at radius 3 is 2.03 bits per heavy atom. The number of methoxy groups -OCH3 is 6. The molecule has 102 heavy (non-hydrogen) atoms. The lowest BCUT2D eigenvalue weighted by atomic mass is 9.81. The first-order chi connectivity index (χ1) is 48.4. The minimum Gasteiger partial charge on any atom is -0.493 e. The minimum absolute atomic E-state index is 0. The van der Waals surface area contributed by atoms with Crippen molar-refractivity contribution in [1.29, 1.82) is 0 Å². The highest BCUT2D eigenvalue weighted by atomic mass is 16.7. The number of fused-ring (bicyclic) bond motifs is 3. The number of aliphatic hydroxyl groups is 3. The number of piperidine rings is 2. The van der Waals surface area contributed by atoms with Gasteiger partial charge in [-0.2, -0.15) is 0 Å². The van der Waals surface area contributed by atoms with Crippen molar-refractivity contribution in [2.24, 2.45) is 29.6 Å². The molecular formula is C80H115N3O19. The molecular weight excluding hydrogens is 1310 g/mol. The van der Waals surface area contributed by atoms with Crippen LogP contribution in [0.3, 0.4) is 0 Å². The molecule has 2 aromatic carbocycles. The zero-order valence-electron chi connectivity index (χ0n) is 61.2. The maximum atomic E-state index is 14.3. The van der Waals surface area contributed by atoms with E-state index in [1.54, 1.807) is 33.2 Å². The number of ether oxygens (including phenoxy) is 9. The number of nitrogens with zero attached hydrogens (tertiary/aromatic N) is 3. The molecule has 0 radical (unpaired) electrons. The second-order valence-electron chi connectivity index (χ2n) is 28.2. The number of cyclic esters (lactones) is 1. The molecule has 3 N–H and O–H groups in total. The highest BCUT2D eigenvalue weighted by Gasteiger charge is 2.57. The first-order valence-electron chi connectivity index (χ1n) is 36.1. The summed E-state index contributed by atoms with van der Waals surface area (Å²) in [6, 6.07) is 15.1. The van der Waals surface area contributed by atoms with Gasteiger partial charge in [0, 0.05) is 76.6 Å². The summed E-state index contributed by atoms with van der Waals surface area (Å²) in [6.45, 7) is 13.4. The van der Waals surface area contributed by atoms with Crippen molar-refractivity contribution in [3.63, 3.8) is 0 Å². The van der Waals surface area contributed by atoms with Gasteiger partial charge in [0.25, 0.3) is 23.4 Å². The van der Waals surface area contributed by atoms with Crippen molar-refractivity contribution in [2.75, 3.05) is 55.7 Å². The van der Waals surface area contributed by atoms with Crippen LogP contribution >= 0.6 is 0 Å². The molecule has 8 rings (SSSR count). The van der Waals surface area contributed by atoms with E-state index >= 15 is 0 Å². The number of hydrogen-bond acceptors (Lipinski definition) is 20. The van der Waals surface area contributed by atoms with Crippen LogP contribution in [0.4, 0.5) is 0 Å². The summed E-state index contributed by atoms with van der Waals surface area (Å²) in [5.41, 5.74) is 4.08. The van der Waals surface area contributed by atoms with Gasteiger partial charge in [-0.05, 0) is 183 Å². The standard InChI is InChI=1S/C44H69NO12.C35H42N2O7.CH4/c1-10-13-31-19-25(2)18-26(3)20-37(54-8)40-38(55-9)22-28(5)44(52,57-40)41(49)42(50)45-17-12-11-14-32(45)43(51)56-39(29(6)34(47)24-35(31)48)27(4)21-30-15-16-33(46)36(23-30)53-7;1-41-30-22-27(23-31(42-2)33(30)43-3)32(38)34(39)37-21-8-7-19-29(37)35(40)44-28(17-9-14-25-12-5-4-6-13-25)18-10-15-26-16-11-20-36-24-26;/h10,19,21,26,28-34,36-40,46-47,52H,1,11-18,20,22-24H2,2-9H3;4-6,11-13,16,20,22-24,28-29H,7-10,14-15,17-19,21H2,1-3H3;1H4/b25-19+,27-21+;;/t26-,28?,29+,30?,31+,32?,33+,34-,36?,37-,38?,39+,40?,44?;;/m0../s1. The minimum atomic E-state index is -2.51. The van der Waals surface area contributed by atoms with Crippen LogP contribution in [0, 0.1) is 29.6 Å². The number of Topliss-reactive ketones (excluding diaryl/α,β-unsaturated/α-hetero) is 3. The first-order valence-corrected chi connectivity index (χ1v) is 36.1. The van der Waals surface area contributed by atoms with Gasteiger partial charge in [0.2, 0.25) is 11.5 Å². The number of esters is 2. The molecule has 4 fully saturated rings. The Balaban J connectivity index is 0.000000328. The molecule has 2 bridgehead atoms. The van der Waals surface area contributed by atoms with Gasteiger partial charge >= 0.3 is 11.9 Å². The molecule has 2 amide bonds. The van der Waals surface area contributed by atoms with Crippen molar-refractivity contribution in [2.45, 2.75) is 237 Å². The Hall–Kier alpha value is -7.18. The number of amides is 2. The molecule has 0 spiro atoms. The third-order valence-electron chi connectivity index (χ3n) is 20.9. The van der Waals surface area contributed by atoms with Crippen molar-refractivity contribution in [1.82, 2.24) is 14.8 Å². The normalized spacial score (nSPS) is 29.5. The average Bonchev–Trinajstić information content (AvgIpc) is 0.778. The van der Waals surface area contributed by atoms with Crippen LogP contribution in [-0.2, 0) is 70.0 Å². The molecule has 1 saturated carbocycles. The Labute approximate surface area is 604 Å². The van der Waals surface area contributed by atoms with Gasteiger partial charge in [-0.1, -0.05) is 88.4 Å². The summed E-state index contributed by atoms with van der Waals surface area (Å²) < 4.78 is 51.9. The smallest absolute Gasteiger partial charge is 0.329 e. The topological polar surface area (TPSA) is 283 Å². The molecule has 22 heteroatoms. The zero-order chi connectivity index (χ0) is 73.5. The Morgan fingerprint density at radius 2 is 1.40 bits per heavy atom. The Bertz CT molecular complexity index is 3220. The lowest BCUT2D eigenvalue weighted by Crippen LogP contribution is -2.64. The number of likely N-dealkylation sites (tertiary alicyclic amines) is 1. The largest absolute Gasteiger partial charge is 0.493 e. The van der Waals surface area contributed by atoms with Crippen molar-refractivity contribution < 1.29 is 91.5 Å². The summed E-state index contributed by atoms with van der Waals surface area (Å²) in [7, 11) is 8.96. The number of aryl methyl sites for hydroxylation is 2. The van der Waals surface area contributed by atoms with Crippen LogP contribution in [0.1, 0.15) is 179 Å². The molecule has 3 aromatic rings. The van der Waals surface area contributed by atoms with E-state index in [1.165, 1.54) is 63.0 Å². The third-order valence-corrected chi connectivity index (χ3v) is 20.9. The highest BCUT2D eigenvalue weighted by Crippen LogP contribution is 2.41. The van der Waals surface area contributed by atoms with Gasteiger partial charge in [0.15, 0.2) is 11.5 Å². The van der Waals surface area contributed by atoms with Crippen LogP contribution in [0.5, 0.6) is 17.2 Å². The fourth-order valence-electron chi connectivity index (χ4n) is 15.1. The molecule has 1 aliphatic carbocycles.